The van der Waals surface area contributed by atoms with Gasteiger partial charge in [-0.15, -0.1) is 11.3 Å². The van der Waals surface area contributed by atoms with Crippen molar-refractivity contribution in [2.24, 2.45) is 5.92 Å². The lowest BCUT2D eigenvalue weighted by molar-refractivity contribution is -0.116. The van der Waals surface area contributed by atoms with Crippen molar-refractivity contribution in [3.8, 4) is 11.5 Å². The number of fused-ring (bicyclic) bond motifs is 3. The van der Waals surface area contributed by atoms with Gasteiger partial charge in [0.15, 0.2) is 11.5 Å². The van der Waals surface area contributed by atoms with Gasteiger partial charge in [0, 0.05) is 16.6 Å². The Morgan fingerprint density at radius 3 is 2.86 bits per heavy atom. The highest BCUT2D eigenvalue weighted by atomic mass is 32.1. The number of ether oxygens (including phenoxy) is 2. The molecule has 1 N–H and O–H groups in total. The van der Waals surface area contributed by atoms with Crippen LogP contribution in [0.25, 0.3) is 10.2 Å². The lowest BCUT2D eigenvalue weighted by Crippen LogP contribution is -2.28. The summed E-state index contributed by atoms with van der Waals surface area (Å²) in [6, 6.07) is 5.12. The normalized spacial score (nSPS) is 15.8. The highest BCUT2D eigenvalue weighted by Gasteiger charge is 2.23. The number of benzene rings is 1. The second-order valence-corrected chi connectivity index (χ2v) is 8.41. The number of thiophene rings is 1. The number of aromatic nitrogens is 2. The molecule has 0 saturated carbocycles. The molecular weight excluding hydrogens is 390 g/mol. The van der Waals surface area contributed by atoms with Gasteiger partial charge < -0.3 is 14.8 Å². The molecule has 152 valence electrons. The van der Waals surface area contributed by atoms with Crippen molar-refractivity contribution in [2.45, 2.75) is 32.7 Å². The van der Waals surface area contributed by atoms with Gasteiger partial charge in [0.2, 0.25) is 5.91 Å². The maximum Gasteiger partial charge on any atom is 0.262 e. The molecule has 1 aromatic carbocycles. The molecule has 2 aromatic heterocycles. The van der Waals surface area contributed by atoms with Crippen LogP contribution in [0.4, 0.5) is 5.69 Å². The molecule has 0 unspecified atom stereocenters. The lowest BCUT2D eigenvalue weighted by Gasteiger charge is -2.17. The van der Waals surface area contributed by atoms with Crippen molar-refractivity contribution in [1.82, 2.24) is 9.55 Å². The second kappa shape index (κ2) is 7.87. The highest BCUT2D eigenvalue weighted by molar-refractivity contribution is 7.18. The SMILES string of the molecule is COc1ccc(NC(=O)Cn2cnc3sc4c(c3c2=O)CC[C@@H](C)C4)cc1OC. The minimum Gasteiger partial charge on any atom is -0.493 e. The summed E-state index contributed by atoms with van der Waals surface area (Å²) in [6.45, 7) is 2.13. The Bertz CT molecular complexity index is 1130. The zero-order valence-corrected chi connectivity index (χ0v) is 17.5. The van der Waals surface area contributed by atoms with Crippen molar-refractivity contribution in [2.75, 3.05) is 19.5 Å². The number of nitrogens with zero attached hydrogens (tertiary/aromatic N) is 2. The van der Waals surface area contributed by atoms with Crippen LogP contribution in [0.15, 0.2) is 29.3 Å². The van der Waals surface area contributed by atoms with Crippen LogP contribution in [0.2, 0.25) is 0 Å². The van der Waals surface area contributed by atoms with Crippen LogP contribution in [-0.4, -0.2) is 29.7 Å². The molecule has 1 aliphatic carbocycles. The molecule has 0 fully saturated rings. The number of amides is 1. The summed E-state index contributed by atoms with van der Waals surface area (Å²) in [5.74, 6) is 1.42. The van der Waals surface area contributed by atoms with Gasteiger partial charge in [0.1, 0.15) is 11.4 Å². The van der Waals surface area contributed by atoms with Crippen molar-refractivity contribution >= 4 is 33.1 Å². The lowest BCUT2D eigenvalue weighted by atomic mass is 9.89. The summed E-state index contributed by atoms with van der Waals surface area (Å²) in [5, 5.41) is 3.47. The van der Waals surface area contributed by atoms with Crippen molar-refractivity contribution < 1.29 is 14.3 Å². The van der Waals surface area contributed by atoms with E-state index in [0.717, 1.165) is 29.7 Å². The maximum atomic E-state index is 13.0. The Hall–Kier alpha value is -2.87. The summed E-state index contributed by atoms with van der Waals surface area (Å²) in [5.41, 5.74) is 1.54. The fraction of sp³-hybridized carbons (Fsp3) is 0.381. The number of hydrogen-bond donors (Lipinski definition) is 1. The van der Waals surface area contributed by atoms with Crippen LogP contribution in [0, 0.1) is 5.92 Å². The van der Waals surface area contributed by atoms with Crippen molar-refractivity contribution in [1.29, 1.82) is 0 Å². The Morgan fingerprint density at radius 2 is 2.10 bits per heavy atom. The molecule has 0 aliphatic heterocycles. The molecule has 7 nitrogen and oxygen atoms in total. The number of rotatable bonds is 5. The van der Waals surface area contributed by atoms with Gasteiger partial charge in [0.05, 0.1) is 25.9 Å². The van der Waals surface area contributed by atoms with Crippen LogP contribution in [0.5, 0.6) is 11.5 Å². The Morgan fingerprint density at radius 1 is 1.31 bits per heavy atom. The summed E-state index contributed by atoms with van der Waals surface area (Å²) in [6.07, 6.45) is 4.43. The quantitative estimate of drug-likeness (QED) is 0.694. The minimum atomic E-state index is -0.307. The van der Waals surface area contributed by atoms with E-state index in [9.17, 15) is 9.59 Å². The summed E-state index contributed by atoms with van der Waals surface area (Å²) >= 11 is 1.60. The number of methoxy groups -OCH3 is 2. The first-order valence-corrected chi connectivity index (χ1v) is 10.3. The Kier molecular flexibility index (Phi) is 5.27. The van der Waals surface area contributed by atoms with E-state index in [1.54, 1.807) is 36.6 Å². The van der Waals surface area contributed by atoms with Crippen LogP contribution >= 0.6 is 11.3 Å². The average Bonchev–Trinajstić information content (AvgIpc) is 3.08. The molecule has 0 saturated heterocycles. The van der Waals surface area contributed by atoms with Gasteiger partial charge in [-0.1, -0.05) is 6.92 Å². The molecule has 29 heavy (non-hydrogen) atoms. The number of hydrogen-bond acceptors (Lipinski definition) is 6. The first-order chi connectivity index (χ1) is 14.0. The largest absolute Gasteiger partial charge is 0.493 e. The standard InChI is InChI=1S/C21H23N3O4S/c1-12-4-6-14-17(8-12)29-20-19(14)21(26)24(11-22-20)10-18(25)23-13-5-7-15(27-2)16(9-13)28-3/h5,7,9,11-12H,4,6,8,10H2,1-3H3,(H,23,25)/t12-/m1/s1. The van der Waals surface area contributed by atoms with Gasteiger partial charge in [-0.25, -0.2) is 4.98 Å². The molecule has 1 atom stereocenters. The van der Waals surface area contributed by atoms with E-state index in [1.807, 2.05) is 0 Å². The summed E-state index contributed by atoms with van der Waals surface area (Å²) in [4.78, 5) is 32.0. The number of carbonyl (C=O) groups excluding carboxylic acids is 1. The molecule has 4 rings (SSSR count). The predicted octanol–water partition coefficient (Wildman–Crippen LogP) is 3.24. The van der Waals surface area contributed by atoms with E-state index in [1.165, 1.54) is 22.9 Å². The van der Waals surface area contributed by atoms with Crippen LogP contribution in [-0.2, 0) is 24.2 Å². The number of carbonyl (C=O) groups is 1. The third-order valence-electron chi connectivity index (χ3n) is 5.26. The third kappa shape index (κ3) is 3.72. The molecule has 8 heteroatoms. The smallest absolute Gasteiger partial charge is 0.262 e. The van der Waals surface area contributed by atoms with Crippen LogP contribution in [0.3, 0.4) is 0 Å². The van der Waals surface area contributed by atoms with E-state index in [2.05, 4.69) is 17.2 Å². The minimum absolute atomic E-state index is 0.100. The molecule has 1 amide bonds. The van der Waals surface area contributed by atoms with Crippen LogP contribution < -0.4 is 20.3 Å². The van der Waals surface area contributed by atoms with E-state index in [-0.39, 0.29) is 18.0 Å². The van der Waals surface area contributed by atoms with E-state index in [4.69, 9.17) is 9.47 Å². The van der Waals surface area contributed by atoms with Crippen LogP contribution in [0.1, 0.15) is 23.8 Å². The highest BCUT2D eigenvalue weighted by Crippen LogP contribution is 2.35. The molecule has 3 aromatic rings. The Balaban J connectivity index is 1.57. The molecule has 2 heterocycles. The first-order valence-electron chi connectivity index (χ1n) is 9.51. The fourth-order valence-corrected chi connectivity index (χ4v) is 5.09. The molecule has 1 aliphatic rings. The van der Waals surface area contributed by atoms with Gasteiger partial charge >= 0.3 is 0 Å². The average molecular weight is 413 g/mol. The number of nitrogens with one attached hydrogen (secondary N) is 1. The van der Waals surface area contributed by atoms with Gasteiger partial charge in [0.25, 0.3) is 5.56 Å². The van der Waals surface area contributed by atoms with E-state index in [0.29, 0.717) is 28.5 Å². The topological polar surface area (TPSA) is 82.5 Å². The number of aryl methyl sites for hydroxylation is 1. The molecular formula is C21H23N3O4S. The first kappa shape index (κ1) is 19.4. The van der Waals surface area contributed by atoms with E-state index < -0.39 is 0 Å². The Labute approximate surface area is 172 Å². The second-order valence-electron chi connectivity index (χ2n) is 7.33. The molecule has 0 spiro atoms. The summed E-state index contributed by atoms with van der Waals surface area (Å²) < 4.78 is 11.8. The summed E-state index contributed by atoms with van der Waals surface area (Å²) in [7, 11) is 3.08. The van der Waals surface area contributed by atoms with E-state index >= 15 is 0 Å². The fourth-order valence-electron chi connectivity index (χ4n) is 3.75. The maximum absolute atomic E-state index is 13.0. The third-order valence-corrected chi connectivity index (χ3v) is 6.43. The van der Waals surface area contributed by atoms with Gasteiger partial charge in [-0.3, -0.25) is 14.2 Å². The number of anilines is 1. The zero-order valence-electron chi connectivity index (χ0n) is 16.7. The van der Waals surface area contributed by atoms with Gasteiger partial charge in [-0.05, 0) is 42.9 Å². The predicted molar refractivity (Wildman–Crippen MR) is 113 cm³/mol. The zero-order chi connectivity index (χ0) is 20.5. The monoisotopic (exact) mass is 413 g/mol. The van der Waals surface area contributed by atoms with Crippen molar-refractivity contribution in [3.05, 3.63) is 45.3 Å². The molecule has 0 bridgehead atoms. The molecule has 0 radical (unpaired) electrons. The van der Waals surface area contributed by atoms with Gasteiger partial charge in [-0.2, -0.15) is 0 Å². The van der Waals surface area contributed by atoms with Crippen molar-refractivity contribution in [3.63, 3.8) is 0 Å².